The predicted octanol–water partition coefficient (Wildman–Crippen LogP) is 24.6. The van der Waals surface area contributed by atoms with E-state index in [0.29, 0.717) is 23.7 Å². The molecule has 0 radical (unpaired) electrons. The molecule has 95 heavy (non-hydrogen) atoms. The minimum absolute atomic E-state index is 0.190. The Kier molecular flexibility index (Phi) is 23.2. The van der Waals surface area contributed by atoms with E-state index in [1.54, 1.807) is 0 Å². The van der Waals surface area contributed by atoms with E-state index in [1.165, 1.54) is 77.0 Å². The first-order valence-corrected chi connectivity index (χ1v) is 36.0. The third-order valence-electron chi connectivity index (χ3n) is 20.1. The smallest absolute Gasteiger partial charge is 0.335 e. The molecular weight excluding hydrogens is 1170 g/mol. The third-order valence-corrected chi connectivity index (χ3v) is 20.1. The molecule has 0 spiro atoms. The number of rotatable bonds is 35. The minimum atomic E-state index is -1.00. The number of carboxylic acids is 1. The van der Waals surface area contributed by atoms with Crippen LogP contribution in [-0.2, 0) is 0 Å². The summed E-state index contributed by atoms with van der Waals surface area (Å²) >= 11 is 0. The van der Waals surface area contributed by atoms with Crippen LogP contribution < -0.4 is 18.9 Å². The Hall–Kier alpha value is -8.75. The van der Waals surface area contributed by atoms with Gasteiger partial charge < -0.3 is 33.2 Å². The van der Waals surface area contributed by atoms with Gasteiger partial charge in [0.15, 0.2) is 0 Å². The standard InChI is InChI=1S/C87H100N2O6/c1-9-17-21-60(13-5)56-92-75-37-25-64(26-38-75)68-33-45-83-79(51-68)80-52-69(65-27-39-76(40-28-65)93-57-61(14-6)22-18-10-2)34-46-84(80)88(83)73-49-72(87(90)91)50-74(55-73)89-85-47-35-70(66-29-41-77(42-30-66)94-58-62(15-7)23-19-11-3)53-81(85)82-54-71(36-48-86(82)89)67-31-43-78(44-32-67)95-59-63(16-8)24-20-12-4/h25-55,60-63H,9-24,56-59H2,1-8H3,(H,90,91). The molecule has 0 aliphatic carbocycles. The van der Waals surface area contributed by atoms with Crippen LogP contribution in [0, 0.1) is 23.7 Å². The Bertz CT molecular complexity index is 3780. The number of hydrogen-bond donors (Lipinski definition) is 1. The quantitative estimate of drug-likeness (QED) is 0.0426. The van der Waals surface area contributed by atoms with E-state index in [2.05, 4.69) is 240 Å². The number of unbranched alkanes of at least 4 members (excludes halogenated alkanes) is 4. The van der Waals surface area contributed by atoms with E-state index in [4.69, 9.17) is 18.9 Å². The topological polar surface area (TPSA) is 84.1 Å². The number of carboxylic acid groups (broad SMARTS) is 1. The molecule has 0 amide bonds. The number of benzene rings is 9. The molecule has 8 nitrogen and oxygen atoms in total. The van der Waals surface area contributed by atoms with Gasteiger partial charge in [0, 0.05) is 32.9 Å². The molecule has 11 rings (SSSR count). The van der Waals surface area contributed by atoms with Gasteiger partial charge in [0.2, 0.25) is 0 Å². The molecule has 2 heterocycles. The summed E-state index contributed by atoms with van der Waals surface area (Å²) in [5.74, 6) is 4.68. The molecule has 0 saturated carbocycles. The van der Waals surface area contributed by atoms with Gasteiger partial charge in [-0.05, 0) is 209 Å². The first-order chi connectivity index (χ1) is 46.5. The van der Waals surface area contributed by atoms with Crippen LogP contribution in [0.5, 0.6) is 23.0 Å². The fourth-order valence-electron chi connectivity index (χ4n) is 13.7. The second-order valence-electron chi connectivity index (χ2n) is 26.6. The van der Waals surface area contributed by atoms with Crippen molar-refractivity contribution >= 4 is 49.6 Å². The Balaban J connectivity index is 1.01. The van der Waals surface area contributed by atoms with E-state index < -0.39 is 5.97 Å². The second-order valence-corrected chi connectivity index (χ2v) is 26.6. The van der Waals surface area contributed by atoms with Gasteiger partial charge in [0.25, 0.3) is 0 Å². The SMILES string of the molecule is CCCCC(CC)COc1ccc(-c2ccc3c(c2)c2cc(-c4ccc(OCC(CC)CCCC)cc4)ccc2n3-c2cc(C(=O)O)cc(-n3c4ccc(-c5ccc(OCC(CC)CCCC)cc5)cc4c4cc(-c5ccc(OCC(CC)CCCC)cc5)ccc43)c2)cc1. The lowest BCUT2D eigenvalue weighted by Crippen LogP contribution is -2.11. The molecule has 0 aliphatic rings. The van der Waals surface area contributed by atoms with Crippen LogP contribution in [0.25, 0.3) is 99.5 Å². The maximum absolute atomic E-state index is 13.7. The second kappa shape index (κ2) is 32.6. The van der Waals surface area contributed by atoms with E-state index >= 15 is 0 Å². The Morgan fingerprint density at radius 2 is 0.547 bits per heavy atom. The van der Waals surface area contributed by atoms with Crippen molar-refractivity contribution in [2.75, 3.05) is 26.4 Å². The molecule has 0 fully saturated rings. The van der Waals surface area contributed by atoms with Crippen molar-refractivity contribution in [3.63, 3.8) is 0 Å². The summed E-state index contributed by atoms with van der Waals surface area (Å²) in [6.45, 7) is 20.9. The van der Waals surface area contributed by atoms with E-state index in [0.717, 1.165) is 175 Å². The fourth-order valence-corrected chi connectivity index (χ4v) is 13.7. The molecule has 4 unspecified atom stereocenters. The van der Waals surface area contributed by atoms with E-state index in [9.17, 15) is 9.90 Å². The zero-order chi connectivity index (χ0) is 66.2. The largest absolute Gasteiger partial charge is 0.493 e. The number of carbonyl (C=O) groups is 1. The molecule has 0 saturated heterocycles. The van der Waals surface area contributed by atoms with Crippen molar-refractivity contribution < 1.29 is 28.8 Å². The monoisotopic (exact) mass is 1270 g/mol. The number of ether oxygens (including phenoxy) is 4. The van der Waals surface area contributed by atoms with Crippen LogP contribution in [0.3, 0.4) is 0 Å². The first-order valence-electron chi connectivity index (χ1n) is 36.0. The van der Waals surface area contributed by atoms with Crippen molar-refractivity contribution in [3.05, 3.63) is 194 Å². The van der Waals surface area contributed by atoms with Crippen molar-refractivity contribution in [2.45, 2.75) is 158 Å². The number of hydrogen-bond acceptors (Lipinski definition) is 5. The lowest BCUT2D eigenvalue weighted by Gasteiger charge is -2.16. The first kappa shape index (κ1) is 67.7. The summed E-state index contributed by atoms with van der Waals surface area (Å²) in [6.07, 6.45) is 18.8. The maximum atomic E-state index is 13.7. The van der Waals surface area contributed by atoms with Gasteiger partial charge in [-0.25, -0.2) is 4.79 Å². The van der Waals surface area contributed by atoms with Gasteiger partial charge in [-0.3, -0.25) is 0 Å². The Labute approximate surface area is 565 Å². The highest BCUT2D eigenvalue weighted by Gasteiger charge is 2.22. The van der Waals surface area contributed by atoms with Gasteiger partial charge in [0.1, 0.15) is 23.0 Å². The molecule has 2 aromatic heterocycles. The molecule has 8 heteroatoms. The highest BCUT2D eigenvalue weighted by molar-refractivity contribution is 6.13. The maximum Gasteiger partial charge on any atom is 0.335 e. The predicted molar refractivity (Wildman–Crippen MR) is 399 cm³/mol. The average molecular weight is 1270 g/mol. The lowest BCUT2D eigenvalue weighted by atomic mass is 10.00. The molecule has 4 atom stereocenters. The molecule has 0 aliphatic heterocycles. The normalized spacial score (nSPS) is 13.0. The highest BCUT2D eigenvalue weighted by atomic mass is 16.5. The Morgan fingerprint density at radius 1 is 0.316 bits per heavy atom. The molecule has 0 bridgehead atoms. The van der Waals surface area contributed by atoms with Crippen molar-refractivity contribution in [1.82, 2.24) is 9.13 Å². The van der Waals surface area contributed by atoms with Crippen LogP contribution in [0.2, 0.25) is 0 Å². The molecule has 494 valence electrons. The van der Waals surface area contributed by atoms with Crippen LogP contribution in [0.4, 0.5) is 0 Å². The van der Waals surface area contributed by atoms with Gasteiger partial charge in [-0.2, -0.15) is 0 Å². The van der Waals surface area contributed by atoms with Gasteiger partial charge in [-0.1, -0.05) is 205 Å². The summed E-state index contributed by atoms with van der Waals surface area (Å²) in [5.41, 5.74) is 14.2. The number of fused-ring (bicyclic) bond motifs is 6. The van der Waals surface area contributed by atoms with Crippen LogP contribution in [0.1, 0.15) is 168 Å². The van der Waals surface area contributed by atoms with Crippen molar-refractivity contribution in [3.8, 4) is 78.9 Å². The molecular formula is C87H100N2O6. The van der Waals surface area contributed by atoms with Crippen LogP contribution in [-0.4, -0.2) is 46.6 Å². The fraction of sp³-hybridized carbons (Fsp3) is 0.368. The third kappa shape index (κ3) is 16.2. The van der Waals surface area contributed by atoms with Crippen LogP contribution >= 0.6 is 0 Å². The summed E-state index contributed by atoms with van der Waals surface area (Å²) in [6, 6.07) is 66.6. The Morgan fingerprint density at radius 3 is 0.758 bits per heavy atom. The number of nitrogens with zero attached hydrogens (tertiary/aromatic N) is 2. The molecule has 1 N–H and O–H groups in total. The average Bonchev–Trinajstić information content (AvgIpc) is 1.56. The summed E-state index contributed by atoms with van der Waals surface area (Å²) < 4.78 is 30.0. The minimum Gasteiger partial charge on any atom is -0.493 e. The number of aromatic carboxylic acids is 1. The molecule has 11 aromatic rings. The summed E-state index contributed by atoms with van der Waals surface area (Å²) in [7, 11) is 0. The van der Waals surface area contributed by atoms with Gasteiger partial charge in [-0.15, -0.1) is 0 Å². The van der Waals surface area contributed by atoms with Crippen molar-refractivity contribution in [2.24, 2.45) is 23.7 Å². The lowest BCUT2D eigenvalue weighted by molar-refractivity contribution is 0.0696. The van der Waals surface area contributed by atoms with E-state index in [1.807, 2.05) is 12.1 Å². The zero-order valence-electron chi connectivity index (χ0n) is 57.7. The van der Waals surface area contributed by atoms with Gasteiger partial charge in [0.05, 0.1) is 54.1 Å². The zero-order valence-corrected chi connectivity index (χ0v) is 57.7. The number of aromatic nitrogens is 2. The van der Waals surface area contributed by atoms with Gasteiger partial charge >= 0.3 is 5.97 Å². The molecule has 9 aromatic carbocycles. The van der Waals surface area contributed by atoms with Crippen molar-refractivity contribution in [1.29, 1.82) is 0 Å². The van der Waals surface area contributed by atoms with Crippen LogP contribution in [0.15, 0.2) is 188 Å². The summed E-state index contributed by atoms with van der Waals surface area (Å²) in [4.78, 5) is 13.7. The highest BCUT2D eigenvalue weighted by Crippen LogP contribution is 2.42. The summed E-state index contributed by atoms with van der Waals surface area (Å²) in [5, 5.41) is 15.4. The van der Waals surface area contributed by atoms with E-state index in [-0.39, 0.29) is 5.56 Å².